The Balaban J connectivity index is 1.50. The third-order valence-corrected chi connectivity index (χ3v) is 5.11. The lowest BCUT2D eigenvalue weighted by Crippen LogP contribution is -2.55. The number of fused-ring (bicyclic) bond motifs is 1. The van der Waals surface area contributed by atoms with Crippen molar-refractivity contribution in [2.45, 2.75) is 13.5 Å². The molecule has 0 bridgehead atoms. The monoisotopic (exact) mass is 394 g/mol. The molecule has 152 valence electrons. The van der Waals surface area contributed by atoms with Gasteiger partial charge >= 0.3 is 0 Å². The van der Waals surface area contributed by atoms with Crippen LogP contribution in [0.2, 0.25) is 0 Å². The number of carbonyl (C=O) groups is 1. The fourth-order valence-corrected chi connectivity index (χ4v) is 3.58. The van der Waals surface area contributed by atoms with Gasteiger partial charge in [0.05, 0.1) is 22.9 Å². The third-order valence-electron chi connectivity index (χ3n) is 5.11. The largest absolute Gasteiger partial charge is 0.356 e. The minimum absolute atomic E-state index is 0.0394. The molecule has 9 heteroatoms. The van der Waals surface area contributed by atoms with Crippen molar-refractivity contribution in [3.63, 3.8) is 0 Å². The number of nitrogens with zero attached hydrogens (tertiary/aromatic N) is 7. The lowest BCUT2D eigenvalue weighted by molar-refractivity contribution is -0.120. The molecule has 1 aliphatic heterocycles. The third kappa shape index (κ3) is 3.80. The molecule has 3 heterocycles. The van der Waals surface area contributed by atoms with Crippen LogP contribution in [0.15, 0.2) is 41.7 Å². The Morgan fingerprint density at radius 1 is 1.24 bits per heavy atom. The topological polar surface area (TPSA) is 83.6 Å². The maximum atomic E-state index is 12.7. The number of piperazine rings is 1. The molecule has 1 fully saturated rings. The zero-order valence-electron chi connectivity index (χ0n) is 17.0. The summed E-state index contributed by atoms with van der Waals surface area (Å²) in [6, 6.07) is 8.05. The number of imidazole rings is 1. The molecule has 1 N–H and O–H groups in total. The second-order valence-electron chi connectivity index (χ2n) is 7.09. The maximum Gasteiger partial charge on any atom is 0.246 e. The molecule has 1 saturated heterocycles. The summed E-state index contributed by atoms with van der Waals surface area (Å²) in [6.07, 6.45) is 3.58. The lowest BCUT2D eigenvalue weighted by atomic mass is 10.3. The first-order chi connectivity index (χ1) is 14.1. The van der Waals surface area contributed by atoms with Gasteiger partial charge in [-0.25, -0.2) is 9.98 Å². The quantitative estimate of drug-likeness (QED) is 0.530. The summed E-state index contributed by atoms with van der Waals surface area (Å²) in [5.74, 6) is 1.67. The Labute approximate surface area is 169 Å². The molecular formula is C20H26N8O. The van der Waals surface area contributed by atoms with Crippen LogP contribution >= 0.6 is 0 Å². The number of benzene rings is 1. The Morgan fingerprint density at radius 3 is 2.76 bits per heavy atom. The highest BCUT2D eigenvalue weighted by molar-refractivity contribution is 5.98. The molecule has 1 aromatic carbocycles. The number of aliphatic imine (C=N–C) groups is 1. The number of hydrogen-bond donors (Lipinski definition) is 1. The highest BCUT2D eigenvalue weighted by atomic mass is 16.2. The van der Waals surface area contributed by atoms with Crippen molar-refractivity contribution in [3.05, 3.63) is 42.5 Å². The SMILES string of the molecule is CCNC(=NCc1nc2ccccc2n1C)N1CCN(c2cnn(C)c2)C(=O)C1. The number of carbonyl (C=O) groups excluding carboxylic acids is 1. The minimum Gasteiger partial charge on any atom is -0.356 e. The number of hydrogen-bond acceptors (Lipinski definition) is 4. The Morgan fingerprint density at radius 2 is 2.07 bits per heavy atom. The number of aryl methyl sites for hydroxylation is 2. The predicted molar refractivity (Wildman–Crippen MR) is 113 cm³/mol. The summed E-state index contributed by atoms with van der Waals surface area (Å²) in [4.78, 5) is 25.9. The molecule has 0 saturated carbocycles. The van der Waals surface area contributed by atoms with Gasteiger partial charge in [-0.2, -0.15) is 5.10 Å². The van der Waals surface area contributed by atoms with Crippen molar-refractivity contribution in [1.29, 1.82) is 0 Å². The van der Waals surface area contributed by atoms with Crippen LogP contribution in [0.5, 0.6) is 0 Å². The first-order valence-electron chi connectivity index (χ1n) is 9.79. The van der Waals surface area contributed by atoms with Crippen LogP contribution in [-0.4, -0.2) is 62.3 Å². The first-order valence-corrected chi connectivity index (χ1v) is 9.79. The first kappa shape index (κ1) is 19.0. The van der Waals surface area contributed by atoms with Crippen LogP contribution in [0, 0.1) is 0 Å². The zero-order chi connectivity index (χ0) is 20.4. The van der Waals surface area contributed by atoms with Gasteiger partial charge in [-0.1, -0.05) is 12.1 Å². The van der Waals surface area contributed by atoms with Crippen molar-refractivity contribution < 1.29 is 4.79 Å². The molecule has 1 aliphatic rings. The second kappa shape index (κ2) is 7.94. The summed E-state index contributed by atoms with van der Waals surface area (Å²) in [6.45, 7) is 4.79. The summed E-state index contributed by atoms with van der Waals surface area (Å²) in [7, 11) is 3.85. The van der Waals surface area contributed by atoms with Crippen molar-refractivity contribution >= 4 is 28.6 Å². The number of anilines is 1. The fraction of sp³-hybridized carbons (Fsp3) is 0.400. The second-order valence-corrected chi connectivity index (χ2v) is 7.09. The van der Waals surface area contributed by atoms with Gasteiger partial charge in [0.15, 0.2) is 5.96 Å². The van der Waals surface area contributed by atoms with E-state index in [0.717, 1.165) is 35.0 Å². The van der Waals surface area contributed by atoms with E-state index in [2.05, 4.69) is 26.0 Å². The Kier molecular flexibility index (Phi) is 5.20. The Hall–Kier alpha value is -3.36. The lowest BCUT2D eigenvalue weighted by Gasteiger charge is -2.35. The molecule has 3 aromatic rings. The molecular weight excluding hydrogens is 368 g/mol. The van der Waals surface area contributed by atoms with Crippen LogP contribution in [-0.2, 0) is 25.4 Å². The summed E-state index contributed by atoms with van der Waals surface area (Å²) < 4.78 is 3.77. The number of guanidine groups is 1. The summed E-state index contributed by atoms with van der Waals surface area (Å²) >= 11 is 0. The average molecular weight is 394 g/mol. The number of amides is 1. The molecule has 29 heavy (non-hydrogen) atoms. The van der Waals surface area contributed by atoms with Crippen LogP contribution in [0.3, 0.4) is 0 Å². The van der Waals surface area contributed by atoms with Crippen molar-refractivity contribution in [3.8, 4) is 0 Å². The molecule has 0 aliphatic carbocycles. The van der Waals surface area contributed by atoms with Gasteiger partial charge < -0.3 is 19.7 Å². The summed E-state index contributed by atoms with van der Waals surface area (Å²) in [5.41, 5.74) is 2.88. The van der Waals surface area contributed by atoms with Crippen LogP contribution in [0.25, 0.3) is 11.0 Å². The standard InChI is InChI=1S/C20H26N8O/c1-4-21-20(22-12-18-24-16-7-5-6-8-17(16)26(18)3)27-9-10-28(19(29)14-27)15-11-23-25(2)13-15/h5-8,11,13H,4,9-10,12,14H2,1-3H3,(H,21,22). The van der Waals surface area contributed by atoms with E-state index in [1.54, 1.807) is 15.8 Å². The molecule has 0 unspecified atom stereocenters. The fourth-order valence-electron chi connectivity index (χ4n) is 3.58. The van der Waals surface area contributed by atoms with E-state index >= 15 is 0 Å². The molecule has 0 spiro atoms. The zero-order valence-corrected chi connectivity index (χ0v) is 17.0. The maximum absolute atomic E-state index is 12.7. The molecule has 2 aromatic heterocycles. The van der Waals surface area contributed by atoms with E-state index in [4.69, 9.17) is 4.99 Å². The van der Waals surface area contributed by atoms with Gasteiger partial charge in [0.2, 0.25) is 5.91 Å². The summed E-state index contributed by atoms with van der Waals surface area (Å²) in [5, 5.41) is 7.47. The van der Waals surface area contributed by atoms with Gasteiger partial charge in [-0.05, 0) is 19.1 Å². The van der Waals surface area contributed by atoms with Gasteiger partial charge in [-0.15, -0.1) is 0 Å². The number of aromatic nitrogens is 4. The minimum atomic E-state index is 0.0394. The van der Waals surface area contributed by atoms with Crippen LogP contribution < -0.4 is 10.2 Å². The van der Waals surface area contributed by atoms with E-state index in [9.17, 15) is 4.79 Å². The van der Waals surface area contributed by atoms with Gasteiger partial charge in [0.1, 0.15) is 18.9 Å². The van der Waals surface area contributed by atoms with Crippen LogP contribution in [0.1, 0.15) is 12.7 Å². The normalized spacial score (nSPS) is 15.4. The number of para-hydroxylation sites is 2. The highest BCUT2D eigenvalue weighted by Crippen LogP contribution is 2.17. The molecule has 9 nitrogen and oxygen atoms in total. The molecule has 0 radical (unpaired) electrons. The van der Waals surface area contributed by atoms with E-state index in [1.165, 1.54) is 0 Å². The average Bonchev–Trinajstić information content (AvgIpc) is 3.29. The van der Waals surface area contributed by atoms with E-state index < -0.39 is 0 Å². The molecule has 4 rings (SSSR count). The highest BCUT2D eigenvalue weighted by Gasteiger charge is 2.27. The van der Waals surface area contributed by atoms with Crippen molar-refractivity contribution in [2.75, 3.05) is 31.1 Å². The number of rotatable bonds is 4. The van der Waals surface area contributed by atoms with Gasteiger partial charge in [0, 0.05) is 39.9 Å². The van der Waals surface area contributed by atoms with Crippen molar-refractivity contribution in [1.82, 2.24) is 29.5 Å². The van der Waals surface area contributed by atoms with Gasteiger partial charge in [0.25, 0.3) is 0 Å². The number of nitrogens with one attached hydrogen (secondary N) is 1. The van der Waals surface area contributed by atoms with Crippen molar-refractivity contribution in [2.24, 2.45) is 19.1 Å². The van der Waals surface area contributed by atoms with Crippen LogP contribution in [0.4, 0.5) is 5.69 Å². The molecule has 1 amide bonds. The predicted octanol–water partition coefficient (Wildman–Crippen LogP) is 1.12. The molecule has 0 atom stereocenters. The van der Waals surface area contributed by atoms with E-state index in [-0.39, 0.29) is 12.5 Å². The smallest absolute Gasteiger partial charge is 0.246 e. The van der Waals surface area contributed by atoms with E-state index in [0.29, 0.717) is 19.6 Å². The Bertz CT molecular complexity index is 1050. The van der Waals surface area contributed by atoms with E-state index in [1.807, 2.05) is 50.3 Å². The van der Waals surface area contributed by atoms with Gasteiger partial charge in [-0.3, -0.25) is 9.48 Å².